The van der Waals surface area contributed by atoms with Crippen molar-refractivity contribution in [2.24, 2.45) is 0 Å². The molecular weight excluding hydrogens is 218 g/mol. The highest BCUT2D eigenvalue weighted by Gasteiger charge is 2.05. The summed E-state index contributed by atoms with van der Waals surface area (Å²) in [4.78, 5) is 0. The molecule has 2 rings (SSSR count). The predicted molar refractivity (Wildman–Crippen MR) is 50.1 cm³/mol. The minimum absolute atomic E-state index is 0.909. The number of fused-ring (bicyclic) bond motifs is 1. The molecule has 0 atom stereocenters. The zero-order chi connectivity index (χ0) is 8.55. The van der Waals surface area contributed by atoms with Gasteiger partial charge >= 0.3 is 0 Å². The number of nitrogens with zero attached hydrogens (tertiary/aromatic N) is 3. The van der Waals surface area contributed by atoms with Gasteiger partial charge in [-0.25, -0.2) is 4.52 Å². The second-order valence-corrected chi connectivity index (χ2v) is 3.39. The largest absolute Gasteiger partial charge is 0.219 e. The monoisotopic (exact) mass is 225 g/mol. The lowest BCUT2D eigenvalue weighted by molar-refractivity contribution is 0.840. The van der Waals surface area contributed by atoms with Crippen LogP contribution in [0, 0.1) is 0 Å². The number of aromatic nitrogens is 3. The number of rotatable bonds is 1. The molecule has 0 N–H and O–H groups in total. The highest BCUT2D eigenvalue weighted by molar-refractivity contribution is 9.10. The van der Waals surface area contributed by atoms with Gasteiger partial charge in [0.2, 0.25) is 0 Å². The van der Waals surface area contributed by atoms with Gasteiger partial charge in [-0.1, -0.05) is 12.1 Å². The van der Waals surface area contributed by atoms with Crippen molar-refractivity contribution in [3.05, 3.63) is 28.5 Å². The second-order valence-electron chi connectivity index (χ2n) is 2.54. The van der Waals surface area contributed by atoms with Gasteiger partial charge in [0.15, 0.2) is 0 Å². The van der Waals surface area contributed by atoms with Crippen LogP contribution in [0.5, 0.6) is 0 Å². The Hall–Kier alpha value is -0.900. The summed E-state index contributed by atoms with van der Waals surface area (Å²) in [6, 6.07) is 3.93. The molecule has 3 nitrogen and oxygen atoms in total. The summed E-state index contributed by atoms with van der Waals surface area (Å²) in [5.74, 6) is 0. The summed E-state index contributed by atoms with van der Waals surface area (Å²) in [6.45, 7) is 2.07. The second kappa shape index (κ2) is 2.86. The van der Waals surface area contributed by atoms with E-state index in [9.17, 15) is 0 Å². The fourth-order valence-electron chi connectivity index (χ4n) is 1.20. The van der Waals surface area contributed by atoms with Crippen molar-refractivity contribution in [3.63, 3.8) is 0 Å². The summed E-state index contributed by atoms with van der Waals surface area (Å²) in [6.07, 6.45) is 2.80. The Bertz CT molecular complexity index is 408. The van der Waals surface area contributed by atoms with Gasteiger partial charge < -0.3 is 0 Å². The molecule has 62 valence electrons. The van der Waals surface area contributed by atoms with E-state index in [1.54, 1.807) is 4.52 Å². The molecule has 0 aliphatic heterocycles. The lowest BCUT2D eigenvalue weighted by atomic mass is 10.3. The lowest BCUT2D eigenvalue weighted by Gasteiger charge is -1.95. The highest BCUT2D eigenvalue weighted by atomic mass is 79.9. The normalized spacial score (nSPS) is 10.8. The first-order valence-electron chi connectivity index (χ1n) is 3.81. The van der Waals surface area contributed by atoms with Crippen molar-refractivity contribution in [1.82, 2.24) is 14.8 Å². The van der Waals surface area contributed by atoms with Crippen molar-refractivity contribution in [2.45, 2.75) is 13.3 Å². The van der Waals surface area contributed by atoms with Gasteiger partial charge in [0.1, 0.15) is 5.52 Å². The van der Waals surface area contributed by atoms with Crippen LogP contribution in [0.4, 0.5) is 0 Å². The molecule has 2 heterocycles. The van der Waals surface area contributed by atoms with E-state index in [0.29, 0.717) is 0 Å². The van der Waals surface area contributed by atoms with Crippen LogP contribution in [0.3, 0.4) is 0 Å². The Morgan fingerprint density at radius 1 is 1.58 bits per heavy atom. The van der Waals surface area contributed by atoms with E-state index in [2.05, 4.69) is 33.2 Å². The third kappa shape index (κ3) is 1.03. The van der Waals surface area contributed by atoms with Gasteiger partial charge in [-0.05, 0) is 34.5 Å². The maximum Gasteiger partial charge on any atom is 0.104 e. The van der Waals surface area contributed by atoms with Crippen molar-refractivity contribution in [3.8, 4) is 0 Å². The van der Waals surface area contributed by atoms with Crippen LogP contribution in [-0.2, 0) is 6.42 Å². The summed E-state index contributed by atoms with van der Waals surface area (Å²) in [5, 5.41) is 8.04. The van der Waals surface area contributed by atoms with Crippen LogP contribution in [0.25, 0.3) is 5.52 Å². The van der Waals surface area contributed by atoms with Crippen LogP contribution >= 0.6 is 15.9 Å². The maximum atomic E-state index is 4.06. The maximum absolute atomic E-state index is 4.06. The van der Waals surface area contributed by atoms with E-state index in [-0.39, 0.29) is 0 Å². The van der Waals surface area contributed by atoms with Crippen LogP contribution < -0.4 is 0 Å². The molecule has 2 aromatic rings. The highest BCUT2D eigenvalue weighted by Crippen LogP contribution is 2.19. The Morgan fingerprint density at radius 2 is 2.42 bits per heavy atom. The summed E-state index contributed by atoms with van der Waals surface area (Å²) < 4.78 is 2.83. The molecule has 0 aliphatic carbocycles. The van der Waals surface area contributed by atoms with E-state index in [0.717, 1.165) is 22.1 Å². The first-order valence-corrected chi connectivity index (χ1v) is 4.60. The molecule has 0 spiro atoms. The van der Waals surface area contributed by atoms with E-state index in [4.69, 9.17) is 0 Å². The number of hydrogen-bond donors (Lipinski definition) is 0. The smallest absolute Gasteiger partial charge is 0.104 e. The van der Waals surface area contributed by atoms with Crippen molar-refractivity contribution in [2.75, 3.05) is 0 Å². The molecule has 12 heavy (non-hydrogen) atoms. The van der Waals surface area contributed by atoms with E-state index < -0.39 is 0 Å². The topological polar surface area (TPSA) is 30.2 Å². The molecule has 0 amide bonds. The molecule has 0 saturated carbocycles. The fraction of sp³-hybridized carbons (Fsp3) is 0.250. The Labute approximate surface area is 78.5 Å². The van der Waals surface area contributed by atoms with Crippen molar-refractivity contribution >= 4 is 21.4 Å². The van der Waals surface area contributed by atoms with Crippen molar-refractivity contribution in [1.29, 1.82) is 0 Å². The first-order chi connectivity index (χ1) is 5.83. The summed E-state index contributed by atoms with van der Waals surface area (Å²) >= 11 is 3.47. The Balaban J connectivity index is 2.83. The number of aryl methyl sites for hydroxylation is 1. The molecule has 0 fully saturated rings. The molecular formula is C8H8BrN3. The van der Waals surface area contributed by atoms with E-state index in [1.165, 1.54) is 0 Å². The molecule has 2 aromatic heterocycles. The average Bonchev–Trinajstić information content (AvgIpc) is 2.49. The zero-order valence-corrected chi connectivity index (χ0v) is 8.24. The average molecular weight is 226 g/mol. The van der Waals surface area contributed by atoms with Crippen LogP contribution in [0.1, 0.15) is 12.6 Å². The number of hydrogen-bond acceptors (Lipinski definition) is 2. The Morgan fingerprint density at radius 3 is 3.17 bits per heavy atom. The van der Waals surface area contributed by atoms with Crippen LogP contribution in [-0.4, -0.2) is 14.8 Å². The minimum atomic E-state index is 0.909. The molecule has 0 unspecified atom stereocenters. The van der Waals surface area contributed by atoms with Crippen LogP contribution in [0.2, 0.25) is 0 Å². The fourth-order valence-corrected chi connectivity index (χ4v) is 1.77. The number of pyridine rings is 1. The standard InChI is InChI=1S/C8H8BrN3/c1-2-7-8-6(9)4-3-5-12(8)11-10-7/h3-5H,2H2,1H3. The van der Waals surface area contributed by atoms with Gasteiger partial charge in [0.25, 0.3) is 0 Å². The summed E-state index contributed by atoms with van der Waals surface area (Å²) in [7, 11) is 0. The van der Waals surface area contributed by atoms with Gasteiger partial charge in [-0.15, -0.1) is 5.10 Å². The molecule has 0 radical (unpaired) electrons. The molecule has 0 aliphatic rings. The Kier molecular flexibility index (Phi) is 1.84. The lowest BCUT2D eigenvalue weighted by Crippen LogP contribution is -1.86. The SMILES string of the molecule is CCc1nnn2cccc(Br)c12. The molecule has 0 bridgehead atoms. The van der Waals surface area contributed by atoms with Gasteiger partial charge in [-0.2, -0.15) is 0 Å². The van der Waals surface area contributed by atoms with Gasteiger partial charge in [0.05, 0.1) is 5.69 Å². The van der Waals surface area contributed by atoms with E-state index >= 15 is 0 Å². The summed E-state index contributed by atoms with van der Waals surface area (Å²) in [5.41, 5.74) is 2.10. The van der Waals surface area contributed by atoms with Crippen LogP contribution in [0.15, 0.2) is 22.8 Å². The zero-order valence-electron chi connectivity index (χ0n) is 6.66. The molecule has 4 heteroatoms. The minimum Gasteiger partial charge on any atom is -0.219 e. The number of halogens is 1. The predicted octanol–water partition coefficient (Wildman–Crippen LogP) is 2.05. The first kappa shape index (κ1) is 7.73. The van der Waals surface area contributed by atoms with E-state index in [1.807, 2.05) is 18.3 Å². The third-order valence-electron chi connectivity index (χ3n) is 1.80. The van der Waals surface area contributed by atoms with Gasteiger partial charge in [-0.3, -0.25) is 0 Å². The van der Waals surface area contributed by atoms with Crippen molar-refractivity contribution < 1.29 is 0 Å². The van der Waals surface area contributed by atoms with Gasteiger partial charge in [0, 0.05) is 10.7 Å². The third-order valence-corrected chi connectivity index (χ3v) is 2.44. The molecule has 0 aromatic carbocycles. The molecule has 0 saturated heterocycles. The quantitative estimate of drug-likeness (QED) is 0.744.